The van der Waals surface area contributed by atoms with Crippen LogP contribution in [0.3, 0.4) is 0 Å². The van der Waals surface area contributed by atoms with Crippen LogP contribution in [0.4, 0.5) is 5.69 Å². The summed E-state index contributed by atoms with van der Waals surface area (Å²) in [5.74, 6) is -0.612. The molecule has 0 N–H and O–H groups in total. The van der Waals surface area contributed by atoms with Crippen molar-refractivity contribution >= 4 is 28.5 Å². The third-order valence-corrected chi connectivity index (χ3v) is 5.39. The van der Waals surface area contributed by atoms with Crippen LogP contribution in [0, 0.1) is 10.1 Å². The molecule has 0 atom stereocenters. The Labute approximate surface area is 190 Å². The number of para-hydroxylation sites is 1. The summed E-state index contributed by atoms with van der Waals surface area (Å²) in [6.45, 7) is 0.247. The molecular formula is C26H22N2O5. The third kappa shape index (κ3) is 5.15. The molecule has 0 saturated carbocycles. The minimum absolute atomic E-state index is 0.133. The Bertz CT molecular complexity index is 1310. The van der Waals surface area contributed by atoms with Crippen LogP contribution < -0.4 is 0 Å². The molecule has 0 radical (unpaired) electrons. The lowest BCUT2D eigenvalue weighted by molar-refractivity contribution is -0.384. The summed E-state index contributed by atoms with van der Waals surface area (Å²) in [6, 6.07) is 22.7. The number of nitro groups is 1. The Balaban J connectivity index is 1.46. The molecule has 0 amide bonds. The van der Waals surface area contributed by atoms with Gasteiger partial charge in [0.1, 0.15) is 6.61 Å². The van der Waals surface area contributed by atoms with Crippen molar-refractivity contribution in [2.75, 3.05) is 0 Å². The highest BCUT2D eigenvalue weighted by Gasteiger charge is 2.17. The molecule has 0 spiro atoms. The normalized spacial score (nSPS) is 10.8. The number of nitrogens with zero attached hydrogens (tertiary/aromatic N) is 2. The second kappa shape index (κ2) is 9.91. The lowest BCUT2D eigenvalue weighted by atomic mass is 10.1. The number of rotatable bonds is 8. The van der Waals surface area contributed by atoms with E-state index in [0.717, 1.165) is 22.0 Å². The van der Waals surface area contributed by atoms with Gasteiger partial charge in [0.15, 0.2) is 0 Å². The molecule has 0 unspecified atom stereocenters. The van der Waals surface area contributed by atoms with Crippen molar-refractivity contribution in [3.63, 3.8) is 0 Å². The monoisotopic (exact) mass is 442 g/mol. The molecule has 33 heavy (non-hydrogen) atoms. The molecule has 4 aromatic rings. The van der Waals surface area contributed by atoms with E-state index in [4.69, 9.17) is 4.74 Å². The van der Waals surface area contributed by atoms with Crippen molar-refractivity contribution in [3.05, 3.63) is 112 Å². The number of esters is 1. The van der Waals surface area contributed by atoms with Gasteiger partial charge in [0.05, 0.1) is 10.4 Å². The Kier molecular flexibility index (Phi) is 6.59. The Hall–Kier alpha value is -4.26. The Morgan fingerprint density at radius 1 is 0.939 bits per heavy atom. The molecule has 4 rings (SSSR count). The minimum Gasteiger partial charge on any atom is -0.461 e. The first-order valence-corrected chi connectivity index (χ1v) is 10.6. The van der Waals surface area contributed by atoms with Crippen molar-refractivity contribution in [1.82, 2.24) is 4.57 Å². The molecule has 166 valence electrons. The van der Waals surface area contributed by atoms with E-state index in [9.17, 15) is 19.7 Å². The highest BCUT2D eigenvalue weighted by Crippen LogP contribution is 2.25. The molecule has 7 nitrogen and oxygen atoms in total. The average molecular weight is 442 g/mol. The molecule has 0 aliphatic rings. The zero-order valence-corrected chi connectivity index (χ0v) is 17.8. The summed E-state index contributed by atoms with van der Waals surface area (Å²) in [5.41, 5.74) is 2.69. The predicted octanol–water partition coefficient (Wildman–Crippen LogP) is 5.30. The van der Waals surface area contributed by atoms with Gasteiger partial charge in [0, 0.05) is 35.7 Å². The summed E-state index contributed by atoms with van der Waals surface area (Å²) in [5, 5.41) is 12.0. The van der Waals surface area contributed by atoms with E-state index in [1.54, 1.807) is 12.3 Å². The number of hydrogen-bond acceptors (Lipinski definition) is 5. The number of ether oxygens (including phenoxy) is 1. The molecule has 0 fully saturated rings. The molecule has 1 aromatic heterocycles. The number of aryl methyl sites for hydroxylation is 1. The van der Waals surface area contributed by atoms with E-state index in [1.807, 2.05) is 54.6 Å². The van der Waals surface area contributed by atoms with Crippen LogP contribution in [0.2, 0.25) is 0 Å². The topological polar surface area (TPSA) is 91.4 Å². The summed E-state index contributed by atoms with van der Waals surface area (Å²) in [7, 11) is 0. The van der Waals surface area contributed by atoms with Gasteiger partial charge in [0.2, 0.25) is 0 Å². The Morgan fingerprint density at radius 3 is 2.48 bits per heavy atom. The zero-order valence-electron chi connectivity index (χ0n) is 17.8. The fraction of sp³-hybridized carbons (Fsp3) is 0.154. The largest absolute Gasteiger partial charge is 0.461 e. The van der Waals surface area contributed by atoms with Crippen LogP contribution in [0.5, 0.6) is 0 Å². The van der Waals surface area contributed by atoms with Crippen LogP contribution in [-0.2, 0) is 22.6 Å². The highest BCUT2D eigenvalue weighted by molar-refractivity contribution is 6.03. The summed E-state index contributed by atoms with van der Waals surface area (Å²) in [4.78, 5) is 35.8. The smallest absolute Gasteiger partial charge is 0.306 e. The fourth-order valence-electron chi connectivity index (χ4n) is 3.74. The first-order chi connectivity index (χ1) is 16.0. The van der Waals surface area contributed by atoms with Gasteiger partial charge in [-0.25, -0.2) is 0 Å². The maximum absolute atomic E-state index is 13.1. The lowest BCUT2D eigenvalue weighted by Gasteiger charge is -2.05. The van der Waals surface area contributed by atoms with Crippen molar-refractivity contribution in [2.45, 2.75) is 25.9 Å². The third-order valence-electron chi connectivity index (χ3n) is 5.39. The number of fused-ring (bicyclic) bond motifs is 1. The van der Waals surface area contributed by atoms with Gasteiger partial charge in [-0.1, -0.05) is 54.6 Å². The van der Waals surface area contributed by atoms with Crippen LogP contribution >= 0.6 is 0 Å². The average Bonchev–Trinajstić information content (AvgIpc) is 3.21. The number of hydrogen-bond donors (Lipinski definition) is 0. The zero-order chi connectivity index (χ0) is 23.2. The quantitative estimate of drug-likeness (QED) is 0.210. The minimum atomic E-state index is -0.521. The molecule has 3 aromatic carbocycles. The predicted molar refractivity (Wildman–Crippen MR) is 124 cm³/mol. The van der Waals surface area contributed by atoms with Crippen LogP contribution in [0.25, 0.3) is 10.9 Å². The molecule has 7 heteroatoms. The summed E-state index contributed by atoms with van der Waals surface area (Å²) in [6.07, 6.45) is 3.19. The second-order valence-corrected chi connectivity index (χ2v) is 7.65. The molecule has 0 aliphatic heterocycles. The van der Waals surface area contributed by atoms with Gasteiger partial charge in [-0.05, 0) is 36.1 Å². The SMILES string of the molecule is O=C(CCCc1cn(C(=O)c2cccc([N+](=O)[O-])c2)c2ccccc12)OCc1ccccc1. The molecule has 0 bridgehead atoms. The number of carbonyl (C=O) groups is 2. The summed E-state index contributed by atoms with van der Waals surface area (Å²) < 4.78 is 6.84. The van der Waals surface area contributed by atoms with Crippen molar-refractivity contribution in [2.24, 2.45) is 0 Å². The first kappa shape index (κ1) is 22.0. The van der Waals surface area contributed by atoms with E-state index in [1.165, 1.54) is 22.8 Å². The van der Waals surface area contributed by atoms with Gasteiger partial charge in [-0.15, -0.1) is 0 Å². The van der Waals surface area contributed by atoms with Gasteiger partial charge >= 0.3 is 5.97 Å². The first-order valence-electron chi connectivity index (χ1n) is 10.6. The van der Waals surface area contributed by atoms with Gasteiger partial charge in [0.25, 0.3) is 11.6 Å². The number of aromatic nitrogens is 1. The van der Waals surface area contributed by atoms with E-state index in [0.29, 0.717) is 12.8 Å². The van der Waals surface area contributed by atoms with E-state index in [2.05, 4.69) is 0 Å². The molecule has 0 saturated heterocycles. The maximum Gasteiger partial charge on any atom is 0.306 e. The van der Waals surface area contributed by atoms with Crippen molar-refractivity contribution in [3.8, 4) is 0 Å². The Morgan fingerprint density at radius 2 is 1.70 bits per heavy atom. The maximum atomic E-state index is 13.1. The second-order valence-electron chi connectivity index (χ2n) is 7.65. The molecule has 0 aliphatic carbocycles. The molecule has 1 heterocycles. The van der Waals surface area contributed by atoms with E-state index >= 15 is 0 Å². The van der Waals surface area contributed by atoms with Crippen LogP contribution in [0.15, 0.2) is 85.1 Å². The van der Waals surface area contributed by atoms with Crippen LogP contribution in [0.1, 0.15) is 34.3 Å². The number of non-ortho nitro benzene ring substituents is 1. The number of carbonyl (C=O) groups excluding carboxylic acids is 2. The molecular weight excluding hydrogens is 420 g/mol. The van der Waals surface area contributed by atoms with Gasteiger partial charge in [-0.3, -0.25) is 24.3 Å². The standard InChI is InChI=1S/C26H22N2O5/c29-25(33-18-19-8-2-1-3-9-19)15-7-11-21-17-27(24-14-5-4-13-23(21)24)26(30)20-10-6-12-22(16-20)28(31)32/h1-6,8-10,12-14,16-17H,7,11,15,18H2. The van der Waals surface area contributed by atoms with Crippen molar-refractivity contribution in [1.29, 1.82) is 0 Å². The van der Waals surface area contributed by atoms with Crippen LogP contribution in [-0.4, -0.2) is 21.4 Å². The van der Waals surface area contributed by atoms with Gasteiger partial charge < -0.3 is 4.74 Å². The number of benzene rings is 3. The number of nitro benzene ring substituents is 1. The van der Waals surface area contributed by atoms with Crippen molar-refractivity contribution < 1.29 is 19.2 Å². The fourth-order valence-corrected chi connectivity index (χ4v) is 3.74. The van der Waals surface area contributed by atoms with E-state index in [-0.39, 0.29) is 36.2 Å². The van der Waals surface area contributed by atoms with Gasteiger partial charge in [-0.2, -0.15) is 0 Å². The summed E-state index contributed by atoms with van der Waals surface area (Å²) >= 11 is 0. The van der Waals surface area contributed by atoms with E-state index < -0.39 is 4.92 Å². The lowest BCUT2D eigenvalue weighted by Crippen LogP contribution is -2.11. The highest BCUT2D eigenvalue weighted by atomic mass is 16.6.